The highest BCUT2D eigenvalue weighted by Crippen LogP contribution is 2.34. The zero-order chi connectivity index (χ0) is 14.4. The number of hydrogen-bond donors (Lipinski definition) is 1. The average Bonchev–Trinajstić information content (AvgIpc) is 2.23. The lowest BCUT2D eigenvalue weighted by molar-refractivity contribution is -0.141. The summed E-state index contributed by atoms with van der Waals surface area (Å²) < 4.78 is 37.8. The van der Waals surface area contributed by atoms with Crippen molar-refractivity contribution >= 4 is 0 Å². The van der Waals surface area contributed by atoms with Crippen LogP contribution >= 0.6 is 0 Å². The molecule has 0 atom stereocenters. The Morgan fingerprint density at radius 2 is 2.00 bits per heavy atom. The molecular formula is C13H16F3N3O. The van der Waals surface area contributed by atoms with Crippen molar-refractivity contribution in [1.29, 1.82) is 0 Å². The molecule has 2 saturated heterocycles. The van der Waals surface area contributed by atoms with E-state index < -0.39 is 18.3 Å². The smallest absolute Gasteiger partial charge is 0.315 e. The van der Waals surface area contributed by atoms with Gasteiger partial charge in [0.1, 0.15) is 6.54 Å². The number of alkyl halides is 3. The van der Waals surface area contributed by atoms with Crippen molar-refractivity contribution in [2.75, 3.05) is 26.2 Å². The fraction of sp³-hybridized carbons (Fsp3) is 0.615. The summed E-state index contributed by atoms with van der Waals surface area (Å²) in [6.07, 6.45) is -3.19. The van der Waals surface area contributed by atoms with Crippen molar-refractivity contribution in [3.05, 3.63) is 34.2 Å². The van der Waals surface area contributed by atoms with Crippen LogP contribution in [0.4, 0.5) is 13.2 Å². The second kappa shape index (κ2) is 4.60. The summed E-state index contributed by atoms with van der Waals surface area (Å²) in [6.45, 7) is 3.02. The summed E-state index contributed by atoms with van der Waals surface area (Å²) in [5.41, 5.74) is 0.233. The Morgan fingerprint density at radius 1 is 1.30 bits per heavy atom. The first-order valence-electron chi connectivity index (χ1n) is 6.55. The Bertz CT molecular complexity index is 555. The molecule has 2 fully saturated rings. The molecule has 1 aromatic heterocycles. The third-order valence-corrected chi connectivity index (χ3v) is 3.96. The standard InChI is InChI=1S/C13H16F3N3O/c14-13(15,16)9-19-3-1-2-10(11(19)20)4-18-7-12(8-18)5-17-6-12/h1-3,17H,4-9H2. The third-order valence-electron chi connectivity index (χ3n) is 3.96. The number of aromatic nitrogens is 1. The van der Waals surface area contributed by atoms with Crippen molar-refractivity contribution in [3.63, 3.8) is 0 Å². The van der Waals surface area contributed by atoms with Crippen LogP contribution in [0.15, 0.2) is 23.1 Å². The maximum absolute atomic E-state index is 12.4. The van der Waals surface area contributed by atoms with Gasteiger partial charge in [0, 0.05) is 49.9 Å². The third kappa shape index (κ3) is 2.60. The van der Waals surface area contributed by atoms with Crippen LogP contribution in [-0.2, 0) is 13.1 Å². The molecule has 7 heteroatoms. The van der Waals surface area contributed by atoms with E-state index >= 15 is 0 Å². The first kappa shape index (κ1) is 13.6. The summed E-state index contributed by atoms with van der Waals surface area (Å²) in [5, 5.41) is 3.22. The van der Waals surface area contributed by atoms with Crippen LogP contribution in [0, 0.1) is 5.41 Å². The summed E-state index contributed by atoms with van der Waals surface area (Å²) in [6, 6.07) is 3.11. The Kier molecular flexibility index (Phi) is 3.13. The molecule has 1 aromatic rings. The molecule has 2 aliphatic heterocycles. The number of halogens is 3. The van der Waals surface area contributed by atoms with E-state index in [1.165, 1.54) is 12.3 Å². The highest BCUT2D eigenvalue weighted by molar-refractivity contribution is 5.13. The van der Waals surface area contributed by atoms with E-state index in [-0.39, 0.29) is 0 Å². The number of nitrogens with zero attached hydrogens (tertiary/aromatic N) is 2. The van der Waals surface area contributed by atoms with E-state index in [4.69, 9.17) is 0 Å². The van der Waals surface area contributed by atoms with Gasteiger partial charge in [0.2, 0.25) is 0 Å². The molecule has 3 rings (SSSR count). The summed E-state index contributed by atoms with van der Waals surface area (Å²) >= 11 is 0. The minimum Gasteiger partial charge on any atom is -0.315 e. The van der Waals surface area contributed by atoms with Crippen molar-refractivity contribution in [3.8, 4) is 0 Å². The highest BCUT2D eigenvalue weighted by atomic mass is 19.4. The van der Waals surface area contributed by atoms with Crippen LogP contribution in [0.1, 0.15) is 5.56 Å². The molecule has 0 aromatic carbocycles. The number of rotatable bonds is 3. The number of nitrogens with one attached hydrogen (secondary N) is 1. The lowest BCUT2D eigenvalue weighted by Gasteiger charge is -2.56. The monoisotopic (exact) mass is 287 g/mol. The lowest BCUT2D eigenvalue weighted by atomic mass is 9.74. The highest BCUT2D eigenvalue weighted by Gasteiger charge is 2.47. The Labute approximate surface area is 114 Å². The predicted molar refractivity (Wildman–Crippen MR) is 67.3 cm³/mol. The first-order valence-corrected chi connectivity index (χ1v) is 6.55. The van der Waals surface area contributed by atoms with E-state index in [1.807, 2.05) is 0 Å². The number of pyridine rings is 1. The Morgan fingerprint density at radius 3 is 2.55 bits per heavy atom. The molecule has 2 aliphatic rings. The van der Waals surface area contributed by atoms with Crippen molar-refractivity contribution in [1.82, 2.24) is 14.8 Å². The molecule has 0 amide bonds. The number of likely N-dealkylation sites (tertiary alicyclic amines) is 1. The Balaban J connectivity index is 1.68. The second-order valence-electron chi connectivity index (χ2n) is 5.83. The topological polar surface area (TPSA) is 37.3 Å². The van der Waals surface area contributed by atoms with Gasteiger partial charge in [-0.05, 0) is 6.07 Å². The molecule has 3 heterocycles. The zero-order valence-corrected chi connectivity index (χ0v) is 10.9. The molecule has 20 heavy (non-hydrogen) atoms. The Hall–Kier alpha value is -1.34. The van der Waals surface area contributed by atoms with Crippen molar-refractivity contribution in [2.45, 2.75) is 19.3 Å². The van der Waals surface area contributed by atoms with Gasteiger partial charge in [0.05, 0.1) is 0 Å². The van der Waals surface area contributed by atoms with Crippen molar-refractivity contribution < 1.29 is 13.2 Å². The van der Waals surface area contributed by atoms with E-state index in [0.29, 0.717) is 17.5 Å². The molecule has 0 saturated carbocycles. The van der Waals surface area contributed by atoms with Gasteiger partial charge in [-0.2, -0.15) is 13.2 Å². The number of hydrogen-bond acceptors (Lipinski definition) is 3. The molecular weight excluding hydrogens is 271 g/mol. The lowest BCUT2D eigenvalue weighted by Crippen LogP contribution is -2.70. The molecule has 4 nitrogen and oxygen atoms in total. The van der Waals surface area contributed by atoms with Crippen molar-refractivity contribution in [2.24, 2.45) is 5.41 Å². The van der Waals surface area contributed by atoms with Gasteiger partial charge in [-0.1, -0.05) is 6.07 Å². The minimum atomic E-state index is -4.37. The SMILES string of the molecule is O=c1c(CN2CC3(CNC3)C2)cccn1CC(F)(F)F. The fourth-order valence-corrected chi connectivity index (χ4v) is 2.98. The quantitative estimate of drug-likeness (QED) is 0.894. The first-order chi connectivity index (χ1) is 9.37. The van der Waals surface area contributed by atoms with Crippen LogP contribution in [0.2, 0.25) is 0 Å². The van der Waals surface area contributed by atoms with Gasteiger partial charge in [-0.25, -0.2) is 0 Å². The van der Waals surface area contributed by atoms with Crippen LogP contribution in [0.5, 0.6) is 0 Å². The van der Waals surface area contributed by atoms with Gasteiger partial charge < -0.3 is 9.88 Å². The maximum atomic E-state index is 12.4. The molecule has 0 unspecified atom stereocenters. The minimum absolute atomic E-state index is 0.347. The van der Waals surface area contributed by atoms with E-state index in [2.05, 4.69) is 10.2 Å². The second-order valence-corrected chi connectivity index (χ2v) is 5.83. The largest absolute Gasteiger partial charge is 0.406 e. The van der Waals surface area contributed by atoms with Crippen LogP contribution in [0.25, 0.3) is 0 Å². The summed E-state index contributed by atoms with van der Waals surface area (Å²) in [4.78, 5) is 14.1. The molecule has 110 valence electrons. The van der Waals surface area contributed by atoms with Gasteiger partial charge in [0.15, 0.2) is 0 Å². The molecule has 1 spiro atoms. The summed E-state index contributed by atoms with van der Waals surface area (Å²) in [7, 11) is 0. The molecule has 0 bridgehead atoms. The predicted octanol–water partition coefficient (Wildman–Crippen LogP) is 0.816. The van der Waals surface area contributed by atoms with Gasteiger partial charge in [-0.15, -0.1) is 0 Å². The maximum Gasteiger partial charge on any atom is 0.406 e. The van der Waals surface area contributed by atoms with E-state index in [1.54, 1.807) is 6.07 Å². The normalized spacial score (nSPS) is 21.6. The fourth-order valence-electron chi connectivity index (χ4n) is 2.98. The zero-order valence-electron chi connectivity index (χ0n) is 10.9. The molecule has 1 N–H and O–H groups in total. The summed E-state index contributed by atoms with van der Waals surface area (Å²) in [5.74, 6) is 0. The molecule has 0 radical (unpaired) electrons. The van der Waals surface area contributed by atoms with Crippen LogP contribution < -0.4 is 10.9 Å². The van der Waals surface area contributed by atoms with Gasteiger partial charge in [-0.3, -0.25) is 9.69 Å². The average molecular weight is 287 g/mol. The van der Waals surface area contributed by atoms with Crippen LogP contribution in [0.3, 0.4) is 0 Å². The van der Waals surface area contributed by atoms with Crippen LogP contribution in [-0.4, -0.2) is 41.8 Å². The van der Waals surface area contributed by atoms with E-state index in [9.17, 15) is 18.0 Å². The van der Waals surface area contributed by atoms with Gasteiger partial charge in [0.25, 0.3) is 5.56 Å². The molecule has 0 aliphatic carbocycles. The van der Waals surface area contributed by atoms with E-state index in [0.717, 1.165) is 30.7 Å². The van der Waals surface area contributed by atoms with Gasteiger partial charge >= 0.3 is 6.18 Å².